The standard InChI is InChI=1S/C9H16N6O/c1-3-5-13(6-4-2)9-7-8(10)14(16)15(11)12-9/h3-4,7,16H,1-2,5-6,10-11H2. The molecule has 16 heavy (non-hydrogen) atoms. The van der Waals surface area contributed by atoms with Crippen molar-refractivity contribution in [2.75, 3.05) is 13.1 Å². The molecule has 0 aliphatic carbocycles. The Morgan fingerprint density at radius 3 is 2.44 bits per heavy atom. The van der Waals surface area contributed by atoms with Crippen molar-refractivity contribution in [3.8, 4) is 0 Å². The number of hydrogen-bond acceptors (Lipinski definition) is 7. The van der Waals surface area contributed by atoms with Gasteiger partial charge in [0.1, 0.15) is 0 Å². The normalized spacial score (nSPS) is 15.4. The lowest BCUT2D eigenvalue weighted by molar-refractivity contribution is -0.223. The van der Waals surface area contributed by atoms with E-state index < -0.39 is 0 Å². The van der Waals surface area contributed by atoms with Gasteiger partial charge in [0.2, 0.25) is 0 Å². The fourth-order valence-corrected chi connectivity index (χ4v) is 1.21. The summed E-state index contributed by atoms with van der Waals surface area (Å²) in [6, 6.07) is 0. The van der Waals surface area contributed by atoms with E-state index in [9.17, 15) is 5.21 Å². The van der Waals surface area contributed by atoms with Crippen LogP contribution in [0.25, 0.3) is 0 Å². The van der Waals surface area contributed by atoms with Gasteiger partial charge in [-0.25, -0.2) is 5.84 Å². The summed E-state index contributed by atoms with van der Waals surface area (Å²) in [6.45, 7) is 8.44. The number of rotatable bonds is 4. The van der Waals surface area contributed by atoms with Crippen LogP contribution in [0.1, 0.15) is 0 Å². The van der Waals surface area contributed by atoms with Crippen molar-refractivity contribution in [2.45, 2.75) is 0 Å². The summed E-state index contributed by atoms with van der Waals surface area (Å²) < 4.78 is 0. The molecule has 1 heterocycles. The van der Waals surface area contributed by atoms with E-state index in [0.717, 1.165) is 5.23 Å². The van der Waals surface area contributed by atoms with Crippen LogP contribution < -0.4 is 11.6 Å². The van der Waals surface area contributed by atoms with Gasteiger partial charge in [-0.05, 0) is 0 Å². The summed E-state index contributed by atoms with van der Waals surface area (Å²) in [5.74, 6) is 6.03. The molecule has 88 valence electrons. The van der Waals surface area contributed by atoms with Crippen LogP contribution in [-0.4, -0.2) is 39.4 Å². The highest BCUT2D eigenvalue weighted by Gasteiger charge is 2.19. The third-order valence-electron chi connectivity index (χ3n) is 1.93. The molecule has 1 aliphatic heterocycles. The van der Waals surface area contributed by atoms with E-state index in [0.29, 0.717) is 24.1 Å². The summed E-state index contributed by atoms with van der Waals surface area (Å²) in [7, 11) is 0. The maximum absolute atomic E-state index is 9.28. The van der Waals surface area contributed by atoms with Crippen molar-refractivity contribution in [3.05, 3.63) is 37.2 Å². The number of nitrogens with two attached hydrogens (primary N) is 2. The van der Waals surface area contributed by atoms with E-state index in [2.05, 4.69) is 18.3 Å². The summed E-state index contributed by atoms with van der Waals surface area (Å²) in [6.07, 6.45) is 4.96. The Morgan fingerprint density at radius 2 is 2.00 bits per heavy atom. The maximum atomic E-state index is 9.28. The highest BCUT2D eigenvalue weighted by atomic mass is 16.6. The molecule has 1 rings (SSSR count). The van der Waals surface area contributed by atoms with Gasteiger partial charge >= 0.3 is 0 Å². The fraction of sp³-hybridized carbons (Fsp3) is 0.222. The van der Waals surface area contributed by atoms with E-state index in [1.54, 1.807) is 12.2 Å². The average Bonchev–Trinajstić information content (AvgIpc) is 2.25. The zero-order valence-electron chi connectivity index (χ0n) is 8.95. The number of hydroxylamine groups is 1. The topological polar surface area (TPSA) is 94.3 Å². The van der Waals surface area contributed by atoms with Gasteiger partial charge in [-0.15, -0.1) is 28.7 Å². The first kappa shape index (κ1) is 12.1. The zero-order chi connectivity index (χ0) is 12.1. The molecule has 0 radical (unpaired) electrons. The predicted molar refractivity (Wildman–Crippen MR) is 61.3 cm³/mol. The Morgan fingerprint density at radius 1 is 1.44 bits per heavy atom. The van der Waals surface area contributed by atoms with Gasteiger partial charge in [0.25, 0.3) is 0 Å². The average molecular weight is 224 g/mol. The van der Waals surface area contributed by atoms with Crippen molar-refractivity contribution in [1.29, 1.82) is 0 Å². The minimum Gasteiger partial charge on any atom is -0.382 e. The van der Waals surface area contributed by atoms with Gasteiger partial charge in [-0.1, -0.05) is 12.2 Å². The van der Waals surface area contributed by atoms with Crippen molar-refractivity contribution in [1.82, 2.24) is 15.3 Å². The minimum atomic E-state index is 0.0885. The predicted octanol–water partition coefficient (Wildman–Crippen LogP) is -0.430. The summed E-state index contributed by atoms with van der Waals surface area (Å²) in [4.78, 5) is 1.85. The maximum Gasteiger partial charge on any atom is 0.156 e. The molecule has 0 spiro atoms. The van der Waals surface area contributed by atoms with Gasteiger partial charge in [0.15, 0.2) is 11.7 Å². The van der Waals surface area contributed by atoms with Crippen LogP contribution in [0.5, 0.6) is 0 Å². The van der Waals surface area contributed by atoms with Crippen molar-refractivity contribution >= 4 is 5.84 Å². The second kappa shape index (κ2) is 5.19. The quantitative estimate of drug-likeness (QED) is 0.443. The van der Waals surface area contributed by atoms with E-state index in [1.165, 1.54) is 6.08 Å². The second-order valence-electron chi connectivity index (χ2n) is 3.12. The van der Waals surface area contributed by atoms with Crippen LogP contribution in [0.15, 0.2) is 42.3 Å². The first-order valence-electron chi connectivity index (χ1n) is 4.66. The van der Waals surface area contributed by atoms with Crippen molar-refractivity contribution < 1.29 is 5.21 Å². The molecule has 0 aromatic heterocycles. The number of hydrogen-bond donors (Lipinski definition) is 3. The molecule has 0 fully saturated rings. The van der Waals surface area contributed by atoms with Crippen LogP contribution in [0, 0.1) is 0 Å². The molecular weight excluding hydrogens is 208 g/mol. The Kier molecular flexibility index (Phi) is 3.92. The highest BCUT2D eigenvalue weighted by molar-refractivity contribution is 5.93. The van der Waals surface area contributed by atoms with E-state index in [-0.39, 0.29) is 5.82 Å². The molecule has 0 saturated heterocycles. The lowest BCUT2D eigenvalue weighted by Gasteiger charge is -2.31. The van der Waals surface area contributed by atoms with Crippen LogP contribution in [-0.2, 0) is 0 Å². The molecule has 0 aromatic carbocycles. The van der Waals surface area contributed by atoms with E-state index >= 15 is 0 Å². The largest absolute Gasteiger partial charge is 0.382 e. The number of nitrogens with zero attached hydrogens (tertiary/aromatic N) is 4. The summed E-state index contributed by atoms with van der Waals surface area (Å²) >= 11 is 0. The molecule has 1 aliphatic rings. The smallest absolute Gasteiger partial charge is 0.156 e. The number of hydrazine groups is 2. The van der Waals surface area contributed by atoms with Crippen molar-refractivity contribution in [3.63, 3.8) is 0 Å². The molecule has 0 amide bonds. The summed E-state index contributed by atoms with van der Waals surface area (Å²) in [5, 5.41) is 14.5. The van der Waals surface area contributed by atoms with Gasteiger partial charge in [-0.2, -0.15) is 0 Å². The fourth-order valence-electron chi connectivity index (χ4n) is 1.21. The molecule has 7 nitrogen and oxygen atoms in total. The SMILES string of the molecule is C=CCN(CC=C)C1=NN(N)N(O)C(N)=C1. The first-order valence-corrected chi connectivity index (χ1v) is 4.66. The molecule has 7 heteroatoms. The van der Waals surface area contributed by atoms with Crippen LogP contribution in [0.4, 0.5) is 0 Å². The number of amidine groups is 1. The van der Waals surface area contributed by atoms with Crippen LogP contribution in [0.3, 0.4) is 0 Å². The lowest BCUT2D eigenvalue weighted by Crippen LogP contribution is -2.48. The Bertz CT molecular complexity index is 327. The lowest BCUT2D eigenvalue weighted by atomic mass is 10.3. The molecular formula is C9H16N6O. The molecule has 0 saturated carbocycles. The molecule has 0 aromatic rings. The second-order valence-corrected chi connectivity index (χ2v) is 3.12. The number of hydrazone groups is 1. The van der Waals surface area contributed by atoms with Crippen molar-refractivity contribution in [2.24, 2.45) is 16.7 Å². The summed E-state index contributed by atoms with van der Waals surface area (Å²) in [5.41, 5.74) is 5.55. The monoisotopic (exact) mass is 224 g/mol. The van der Waals surface area contributed by atoms with Gasteiger partial charge in [-0.3, -0.25) is 5.21 Å². The van der Waals surface area contributed by atoms with Gasteiger partial charge in [0.05, 0.1) is 0 Å². The van der Waals surface area contributed by atoms with Gasteiger partial charge < -0.3 is 10.6 Å². The highest BCUT2D eigenvalue weighted by Crippen LogP contribution is 2.07. The Hall–Kier alpha value is -1.99. The van der Waals surface area contributed by atoms with E-state index in [1.807, 2.05) is 4.90 Å². The zero-order valence-corrected chi connectivity index (χ0v) is 8.95. The molecule has 5 N–H and O–H groups in total. The van der Waals surface area contributed by atoms with E-state index in [4.69, 9.17) is 11.6 Å². The van der Waals surface area contributed by atoms with Gasteiger partial charge in [0, 0.05) is 19.2 Å². The molecule has 0 atom stereocenters. The first-order chi connectivity index (χ1) is 7.60. The molecule has 0 bridgehead atoms. The third-order valence-corrected chi connectivity index (χ3v) is 1.93. The Labute approximate surface area is 94.1 Å². The molecule has 0 unspecified atom stereocenters. The van der Waals surface area contributed by atoms with Crippen LogP contribution in [0.2, 0.25) is 0 Å². The minimum absolute atomic E-state index is 0.0885. The third kappa shape index (κ3) is 2.53. The van der Waals surface area contributed by atoms with Crippen LogP contribution >= 0.6 is 0 Å². The Balaban J connectivity index is 2.88.